The maximum atomic E-state index is 13.3. The Labute approximate surface area is 176 Å². The van der Waals surface area contributed by atoms with E-state index < -0.39 is 27.8 Å². The Kier molecular flexibility index (Phi) is 5.44. The summed E-state index contributed by atoms with van der Waals surface area (Å²) >= 11 is 7.12. The van der Waals surface area contributed by atoms with Crippen molar-refractivity contribution in [1.29, 1.82) is 0 Å². The van der Waals surface area contributed by atoms with Gasteiger partial charge in [-0.05, 0) is 47.2 Å². The number of amides is 1. The molecule has 0 radical (unpaired) electrons. The minimum absolute atomic E-state index is 0.0437. The number of nitrogens with zero attached hydrogens (tertiary/aromatic N) is 1. The number of anilines is 1. The van der Waals surface area contributed by atoms with E-state index in [1.165, 1.54) is 22.5 Å². The predicted molar refractivity (Wildman–Crippen MR) is 111 cm³/mol. The minimum atomic E-state index is -3.87. The van der Waals surface area contributed by atoms with E-state index in [0.717, 1.165) is 28.5 Å². The first-order valence-corrected chi connectivity index (χ1v) is 11.4. The first-order chi connectivity index (χ1) is 13.9. The lowest BCUT2D eigenvalue weighted by Crippen LogP contribution is -2.50. The Bertz CT molecular complexity index is 1170. The zero-order chi connectivity index (χ0) is 20.6. The van der Waals surface area contributed by atoms with Crippen molar-refractivity contribution in [1.82, 2.24) is 4.31 Å². The van der Waals surface area contributed by atoms with E-state index in [1.54, 1.807) is 11.4 Å². The maximum absolute atomic E-state index is 13.3. The van der Waals surface area contributed by atoms with Gasteiger partial charge in [0.2, 0.25) is 5.91 Å². The van der Waals surface area contributed by atoms with Gasteiger partial charge in [-0.2, -0.15) is 4.31 Å². The van der Waals surface area contributed by atoms with Gasteiger partial charge in [-0.25, -0.2) is 12.8 Å². The van der Waals surface area contributed by atoms with Crippen LogP contribution in [-0.4, -0.2) is 24.7 Å². The third kappa shape index (κ3) is 3.93. The van der Waals surface area contributed by atoms with E-state index in [2.05, 4.69) is 5.32 Å². The molecule has 3 aromatic rings. The molecule has 1 atom stereocenters. The highest BCUT2D eigenvalue weighted by Gasteiger charge is 2.40. The van der Waals surface area contributed by atoms with Crippen molar-refractivity contribution in [2.45, 2.75) is 23.2 Å². The van der Waals surface area contributed by atoms with Crippen LogP contribution >= 0.6 is 22.9 Å². The van der Waals surface area contributed by atoms with Crippen LogP contribution in [0.4, 0.5) is 10.1 Å². The molecular weight excluding hydrogens is 435 g/mol. The van der Waals surface area contributed by atoms with Gasteiger partial charge in [0.1, 0.15) is 16.1 Å². The fraction of sp³-hybridized carbons (Fsp3) is 0.150. The quantitative estimate of drug-likeness (QED) is 0.644. The van der Waals surface area contributed by atoms with Gasteiger partial charge in [0.15, 0.2) is 0 Å². The van der Waals surface area contributed by atoms with Crippen molar-refractivity contribution in [3.63, 3.8) is 0 Å². The Morgan fingerprint density at radius 2 is 1.90 bits per heavy atom. The maximum Gasteiger partial charge on any atom is 0.253 e. The molecule has 0 spiro atoms. The van der Waals surface area contributed by atoms with Crippen LogP contribution in [0.2, 0.25) is 5.02 Å². The van der Waals surface area contributed by atoms with Gasteiger partial charge in [0.25, 0.3) is 10.0 Å². The Morgan fingerprint density at radius 1 is 1.14 bits per heavy atom. The predicted octanol–water partition coefficient (Wildman–Crippen LogP) is 4.29. The Morgan fingerprint density at radius 3 is 2.59 bits per heavy atom. The van der Waals surface area contributed by atoms with Crippen LogP contribution < -0.4 is 5.32 Å². The van der Waals surface area contributed by atoms with E-state index in [1.807, 2.05) is 24.3 Å². The Hall–Kier alpha value is -2.26. The highest BCUT2D eigenvalue weighted by atomic mass is 35.5. The summed E-state index contributed by atoms with van der Waals surface area (Å²) in [4.78, 5) is 13.1. The number of hydrogen-bond acceptors (Lipinski definition) is 4. The summed E-state index contributed by atoms with van der Waals surface area (Å²) in [5.74, 6) is -1.05. The van der Waals surface area contributed by atoms with Crippen LogP contribution in [0, 0.1) is 5.82 Å². The molecule has 1 unspecified atom stereocenters. The lowest BCUT2D eigenvalue weighted by atomic mass is 9.95. The van der Waals surface area contributed by atoms with Gasteiger partial charge >= 0.3 is 0 Å². The van der Waals surface area contributed by atoms with Crippen LogP contribution in [0.3, 0.4) is 0 Å². The second-order valence-corrected chi connectivity index (χ2v) is 10.1. The number of thiophene rings is 1. The third-order valence-electron chi connectivity index (χ3n) is 4.76. The summed E-state index contributed by atoms with van der Waals surface area (Å²) in [5, 5.41) is 4.37. The van der Waals surface area contributed by atoms with Crippen molar-refractivity contribution in [2.75, 3.05) is 5.32 Å². The van der Waals surface area contributed by atoms with E-state index in [9.17, 15) is 17.6 Å². The number of nitrogens with one attached hydrogen (secondary N) is 1. The molecule has 1 N–H and O–H groups in total. The molecule has 1 amide bonds. The summed E-state index contributed by atoms with van der Waals surface area (Å²) in [6, 6.07) is 13.3. The SMILES string of the molecule is O=C(Nc1ccc(F)cc1Cl)C1Cc2ccccc2CN1S(=O)(=O)c1cccs1. The van der Waals surface area contributed by atoms with Crippen molar-refractivity contribution in [2.24, 2.45) is 0 Å². The van der Waals surface area contributed by atoms with Gasteiger partial charge in [-0.15, -0.1) is 11.3 Å². The molecule has 2 aromatic carbocycles. The first kappa shape index (κ1) is 20.0. The second kappa shape index (κ2) is 7.87. The molecule has 0 saturated heterocycles. The topological polar surface area (TPSA) is 66.5 Å². The molecule has 0 bridgehead atoms. The van der Waals surface area contributed by atoms with Gasteiger partial charge in [0, 0.05) is 6.54 Å². The van der Waals surface area contributed by atoms with E-state index in [0.29, 0.717) is 0 Å². The van der Waals surface area contributed by atoms with Gasteiger partial charge in [0.05, 0.1) is 10.7 Å². The zero-order valence-corrected chi connectivity index (χ0v) is 17.4. The van der Waals surface area contributed by atoms with E-state index in [-0.39, 0.29) is 27.9 Å². The van der Waals surface area contributed by atoms with Gasteiger partial charge < -0.3 is 5.32 Å². The monoisotopic (exact) mass is 450 g/mol. The van der Waals surface area contributed by atoms with E-state index in [4.69, 9.17) is 11.6 Å². The van der Waals surface area contributed by atoms with Crippen molar-refractivity contribution >= 4 is 44.6 Å². The lowest BCUT2D eigenvalue weighted by molar-refractivity contribution is -0.120. The largest absolute Gasteiger partial charge is 0.323 e. The molecular formula is C20H16ClFN2O3S2. The molecule has 9 heteroatoms. The number of carbonyl (C=O) groups is 1. The highest BCUT2D eigenvalue weighted by Crippen LogP contribution is 2.32. The lowest BCUT2D eigenvalue weighted by Gasteiger charge is -2.34. The average Bonchev–Trinajstić information content (AvgIpc) is 3.25. The average molecular weight is 451 g/mol. The van der Waals surface area contributed by atoms with Gasteiger partial charge in [-0.3, -0.25) is 4.79 Å². The molecule has 29 heavy (non-hydrogen) atoms. The number of fused-ring (bicyclic) bond motifs is 1. The van der Waals surface area contributed by atoms with Crippen LogP contribution in [-0.2, 0) is 27.8 Å². The van der Waals surface area contributed by atoms with Crippen molar-refractivity contribution < 1.29 is 17.6 Å². The summed E-state index contributed by atoms with van der Waals surface area (Å²) in [6.45, 7) is 0.0889. The molecule has 0 fully saturated rings. The van der Waals surface area contributed by atoms with Gasteiger partial charge in [-0.1, -0.05) is 41.9 Å². The third-order valence-corrected chi connectivity index (χ3v) is 8.30. The van der Waals surface area contributed by atoms with Crippen LogP contribution in [0.5, 0.6) is 0 Å². The fourth-order valence-electron chi connectivity index (χ4n) is 3.31. The van der Waals surface area contributed by atoms with Crippen LogP contribution in [0.1, 0.15) is 11.1 Å². The summed E-state index contributed by atoms with van der Waals surface area (Å²) < 4.78 is 41.1. The standard InChI is InChI=1S/C20H16ClFN2O3S2/c21-16-11-15(22)7-8-17(16)23-20(25)18-10-13-4-1-2-5-14(13)12-24(18)29(26,27)19-6-3-9-28-19/h1-9,11,18H,10,12H2,(H,23,25). The zero-order valence-electron chi connectivity index (χ0n) is 15.0. The summed E-state index contributed by atoms with van der Waals surface area (Å²) in [7, 11) is -3.87. The normalized spacial score (nSPS) is 17.0. The second-order valence-electron chi connectivity index (χ2n) is 6.58. The Balaban J connectivity index is 1.71. The molecule has 1 aliphatic heterocycles. The number of benzene rings is 2. The molecule has 0 saturated carbocycles. The van der Waals surface area contributed by atoms with E-state index >= 15 is 0 Å². The van der Waals surface area contributed by atoms with Crippen LogP contribution in [0.25, 0.3) is 0 Å². The first-order valence-electron chi connectivity index (χ1n) is 8.74. The van der Waals surface area contributed by atoms with Crippen LogP contribution in [0.15, 0.2) is 64.2 Å². The fourth-order valence-corrected chi connectivity index (χ4v) is 6.21. The summed E-state index contributed by atoms with van der Waals surface area (Å²) in [6.07, 6.45) is 0.228. The molecule has 0 aliphatic carbocycles. The number of carbonyl (C=O) groups excluding carboxylic acids is 1. The van der Waals surface area contributed by atoms with Crippen molar-refractivity contribution in [3.8, 4) is 0 Å². The number of sulfonamides is 1. The van der Waals surface area contributed by atoms with Crippen molar-refractivity contribution in [3.05, 3.63) is 81.9 Å². The highest BCUT2D eigenvalue weighted by molar-refractivity contribution is 7.91. The molecule has 150 valence electrons. The molecule has 4 rings (SSSR count). The number of halogens is 2. The molecule has 1 aliphatic rings. The number of hydrogen-bond donors (Lipinski definition) is 1. The smallest absolute Gasteiger partial charge is 0.253 e. The molecule has 1 aromatic heterocycles. The number of rotatable bonds is 4. The minimum Gasteiger partial charge on any atom is -0.323 e. The summed E-state index contributed by atoms with van der Waals surface area (Å²) in [5.41, 5.74) is 2.00. The molecule has 2 heterocycles. The molecule has 5 nitrogen and oxygen atoms in total.